The van der Waals surface area contributed by atoms with Crippen LogP contribution in [0.25, 0.3) is 12.2 Å². The van der Waals surface area contributed by atoms with Crippen molar-refractivity contribution in [3.63, 3.8) is 0 Å². The van der Waals surface area contributed by atoms with Gasteiger partial charge in [0.1, 0.15) is 0 Å². The van der Waals surface area contributed by atoms with E-state index in [-0.39, 0.29) is 28.1 Å². The van der Waals surface area contributed by atoms with Crippen LogP contribution in [0, 0.1) is 0 Å². The zero-order chi connectivity index (χ0) is 26.1. The molecule has 1 saturated carbocycles. The van der Waals surface area contributed by atoms with E-state index >= 15 is 0 Å². The highest BCUT2D eigenvalue weighted by Crippen LogP contribution is 2.41. The monoisotopic (exact) mass is 478 g/mol. The third-order valence-corrected chi connectivity index (χ3v) is 6.41. The smallest absolute Gasteiger partial charge is 0.185 e. The van der Waals surface area contributed by atoms with Crippen LogP contribution in [0.15, 0.2) is 35.4 Å². The van der Waals surface area contributed by atoms with Crippen LogP contribution in [-0.4, -0.2) is 30.2 Å². The minimum atomic E-state index is -0.282. The highest BCUT2D eigenvalue weighted by Gasteiger charge is 2.25. The molecule has 0 radical (unpaired) electrons. The maximum absolute atomic E-state index is 13.4. The van der Waals surface area contributed by atoms with E-state index in [0.29, 0.717) is 24.3 Å². The summed E-state index contributed by atoms with van der Waals surface area (Å²) < 4.78 is 10.8. The number of allylic oxidation sites excluding steroid dienone is 2. The Bertz CT molecular complexity index is 1100. The first kappa shape index (κ1) is 26.4. The quantitative estimate of drug-likeness (QED) is 0.466. The number of carbonyl (C=O) groups is 1. The lowest BCUT2D eigenvalue weighted by Crippen LogP contribution is -2.14. The Hall–Kier alpha value is -3.21. The summed E-state index contributed by atoms with van der Waals surface area (Å²) in [6.45, 7) is 12.2. The van der Waals surface area contributed by atoms with Crippen LogP contribution in [0.4, 0.5) is 0 Å². The predicted octanol–water partition coefficient (Wildman–Crippen LogP) is 6.93. The Kier molecular flexibility index (Phi) is 7.39. The molecule has 0 unspecified atom stereocenters. The van der Waals surface area contributed by atoms with Gasteiger partial charge in [-0.25, -0.2) is 0 Å². The van der Waals surface area contributed by atoms with Crippen LogP contribution >= 0.6 is 0 Å². The van der Waals surface area contributed by atoms with Gasteiger partial charge in [0, 0.05) is 22.3 Å². The molecule has 0 spiro atoms. The summed E-state index contributed by atoms with van der Waals surface area (Å²) in [4.78, 5) is 13.4. The van der Waals surface area contributed by atoms with Crippen LogP contribution in [0.1, 0.15) is 83.1 Å². The van der Waals surface area contributed by atoms with Gasteiger partial charge in [0.2, 0.25) is 0 Å². The van der Waals surface area contributed by atoms with Crippen molar-refractivity contribution in [1.29, 1.82) is 0 Å². The Labute approximate surface area is 209 Å². The largest absolute Gasteiger partial charge is 0.504 e. The van der Waals surface area contributed by atoms with Gasteiger partial charge < -0.3 is 19.7 Å². The lowest BCUT2D eigenvalue weighted by Gasteiger charge is -2.23. The number of hydrogen-bond acceptors (Lipinski definition) is 5. The molecule has 2 aromatic rings. The normalized spacial score (nSPS) is 17.2. The summed E-state index contributed by atoms with van der Waals surface area (Å²) in [5.41, 5.74) is 4.11. The summed E-state index contributed by atoms with van der Waals surface area (Å²) in [5, 5.41) is 21.2. The predicted molar refractivity (Wildman–Crippen MR) is 142 cm³/mol. The number of Topliss-reactive ketones (excluding diaryl/α,β-unsaturated/α-hetero) is 1. The zero-order valence-corrected chi connectivity index (χ0v) is 22.2. The Balaban J connectivity index is 2.04. The van der Waals surface area contributed by atoms with Crippen LogP contribution in [-0.2, 0) is 15.6 Å². The van der Waals surface area contributed by atoms with Gasteiger partial charge in [0.25, 0.3) is 0 Å². The number of rotatable bonds is 4. The van der Waals surface area contributed by atoms with E-state index in [4.69, 9.17) is 9.47 Å². The van der Waals surface area contributed by atoms with E-state index < -0.39 is 0 Å². The molecule has 188 valence electrons. The van der Waals surface area contributed by atoms with E-state index in [0.717, 1.165) is 39.8 Å². The number of methoxy groups -OCH3 is 2. The zero-order valence-electron chi connectivity index (χ0n) is 22.2. The van der Waals surface area contributed by atoms with Crippen LogP contribution in [0.5, 0.6) is 23.0 Å². The number of ether oxygens (including phenoxy) is 2. The standard InChI is InChI=1S/C30H38O5/c1-29(2,3)22-14-18(16-24(34-7)27(22)32)12-20-10-9-11-21(26(20)31)13-19-15-23(30(4,5)6)28(33)25(17-19)35-8/h12-17,32-33H,9-11H2,1-8H3/b20-12+,21-13+. The molecule has 2 N–H and O–H groups in total. The van der Waals surface area contributed by atoms with Gasteiger partial charge in [-0.3, -0.25) is 4.79 Å². The van der Waals surface area contributed by atoms with Crippen molar-refractivity contribution in [1.82, 2.24) is 0 Å². The van der Waals surface area contributed by atoms with Crippen molar-refractivity contribution >= 4 is 17.9 Å². The van der Waals surface area contributed by atoms with Crippen molar-refractivity contribution in [2.24, 2.45) is 0 Å². The highest BCUT2D eigenvalue weighted by atomic mass is 16.5. The van der Waals surface area contributed by atoms with E-state index in [2.05, 4.69) is 0 Å². The SMILES string of the molecule is COc1cc(/C=C2\CCC/C(=C\c3cc(OC)c(O)c(C(C)(C)C)c3)C2=O)cc(C(C)(C)C)c1O. The first-order valence-corrected chi connectivity index (χ1v) is 12.0. The van der Waals surface area contributed by atoms with Gasteiger partial charge in [0.05, 0.1) is 14.2 Å². The first-order valence-electron chi connectivity index (χ1n) is 12.0. The molecular weight excluding hydrogens is 440 g/mol. The number of phenolic OH excluding ortho intramolecular Hbond substituents is 2. The summed E-state index contributed by atoms with van der Waals surface area (Å²) in [7, 11) is 3.06. The number of carbonyl (C=O) groups excluding carboxylic acids is 1. The first-order chi connectivity index (χ1) is 16.3. The van der Waals surface area contributed by atoms with Gasteiger partial charge in [-0.15, -0.1) is 0 Å². The molecule has 0 atom stereocenters. The maximum Gasteiger partial charge on any atom is 0.185 e. The molecule has 0 aliphatic heterocycles. The fraction of sp³-hybridized carbons (Fsp3) is 0.433. The van der Waals surface area contributed by atoms with E-state index in [1.54, 1.807) is 12.1 Å². The van der Waals surface area contributed by atoms with Crippen molar-refractivity contribution in [2.75, 3.05) is 14.2 Å². The number of ketones is 1. The van der Waals surface area contributed by atoms with Crippen LogP contribution in [0.3, 0.4) is 0 Å². The lowest BCUT2D eigenvalue weighted by molar-refractivity contribution is -0.112. The Morgan fingerprint density at radius 2 is 1.09 bits per heavy atom. The average Bonchev–Trinajstić information content (AvgIpc) is 2.76. The molecular formula is C30H38O5. The van der Waals surface area contributed by atoms with Crippen molar-refractivity contribution < 1.29 is 24.5 Å². The molecule has 2 aromatic carbocycles. The van der Waals surface area contributed by atoms with Gasteiger partial charge in [-0.2, -0.15) is 0 Å². The fourth-order valence-electron chi connectivity index (χ4n) is 4.46. The van der Waals surface area contributed by atoms with E-state index in [1.807, 2.05) is 65.8 Å². The number of aromatic hydroxyl groups is 2. The number of hydrogen-bond donors (Lipinski definition) is 2. The topological polar surface area (TPSA) is 76.0 Å². The summed E-state index contributed by atoms with van der Waals surface area (Å²) in [5.74, 6) is 1.08. The molecule has 0 amide bonds. The Morgan fingerprint density at radius 3 is 1.40 bits per heavy atom. The maximum atomic E-state index is 13.4. The Morgan fingerprint density at radius 1 is 0.714 bits per heavy atom. The van der Waals surface area contributed by atoms with Gasteiger partial charge in [-0.05, 0) is 77.6 Å². The second-order valence-corrected chi connectivity index (χ2v) is 11.3. The molecule has 1 aliphatic rings. The minimum Gasteiger partial charge on any atom is -0.504 e. The molecule has 0 saturated heterocycles. The third-order valence-electron chi connectivity index (χ3n) is 6.41. The molecule has 0 heterocycles. The molecule has 1 fully saturated rings. The molecule has 3 rings (SSSR count). The molecule has 35 heavy (non-hydrogen) atoms. The molecule has 0 aromatic heterocycles. The van der Waals surface area contributed by atoms with Gasteiger partial charge in [-0.1, -0.05) is 41.5 Å². The average molecular weight is 479 g/mol. The molecule has 0 bridgehead atoms. The minimum absolute atomic E-state index is 0.0185. The lowest BCUT2D eigenvalue weighted by atomic mass is 9.83. The van der Waals surface area contributed by atoms with Gasteiger partial charge in [0.15, 0.2) is 28.8 Å². The third kappa shape index (κ3) is 5.72. The van der Waals surface area contributed by atoms with Gasteiger partial charge >= 0.3 is 0 Å². The molecule has 5 nitrogen and oxygen atoms in total. The van der Waals surface area contributed by atoms with Crippen LogP contribution < -0.4 is 9.47 Å². The van der Waals surface area contributed by atoms with Crippen molar-refractivity contribution in [3.05, 3.63) is 57.7 Å². The second-order valence-electron chi connectivity index (χ2n) is 11.3. The fourth-order valence-corrected chi connectivity index (χ4v) is 4.46. The summed E-state index contributed by atoms with van der Waals surface area (Å²) >= 11 is 0. The van der Waals surface area contributed by atoms with E-state index in [1.165, 1.54) is 14.2 Å². The summed E-state index contributed by atoms with van der Waals surface area (Å²) in [6.07, 6.45) is 6.06. The second kappa shape index (κ2) is 9.80. The van der Waals surface area contributed by atoms with Crippen molar-refractivity contribution in [3.8, 4) is 23.0 Å². The van der Waals surface area contributed by atoms with Crippen LogP contribution in [0.2, 0.25) is 0 Å². The van der Waals surface area contributed by atoms with Crippen molar-refractivity contribution in [2.45, 2.75) is 71.6 Å². The highest BCUT2D eigenvalue weighted by molar-refractivity contribution is 6.14. The van der Waals surface area contributed by atoms with E-state index in [9.17, 15) is 15.0 Å². The molecule has 1 aliphatic carbocycles. The number of benzene rings is 2. The summed E-state index contributed by atoms with van der Waals surface area (Å²) in [6, 6.07) is 7.39. The number of phenols is 2. The molecule has 5 heteroatoms.